The fraction of sp³-hybridized carbons (Fsp3) is 0.211. The number of fused-ring (bicyclic) bond motifs is 1. The molecule has 2 aromatic carbocycles. The van der Waals surface area contributed by atoms with Gasteiger partial charge in [-0.1, -0.05) is 23.2 Å². The molecule has 0 aliphatic carbocycles. The Balaban J connectivity index is 1.88. The second-order valence-corrected chi connectivity index (χ2v) is 8.99. The van der Waals surface area contributed by atoms with E-state index in [-0.39, 0.29) is 17.1 Å². The highest BCUT2D eigenvalue weighted by Gasteiger charge is 2.19. The van der Waals surface area contributed by atoms with Crippen molar-refractivity contribution < 1.29 is 17.9 Å². The van der Waals surface area contributed by atoms with Gasteiger partial charge in [0.2, 0.25) is 0 Å². The van der Waals surface area contributed by atoms with Crippen LogP contribution in [-0.2, 0) is 21.0 Å². The third-order valence-electron chi connectivity index (χ3n) is 4.43. The molecule has 0 aliphatic heterocycles. The van der Waals surface area contributed by atoms with Gasteiger partial charge in [0, 0.05) is 16.6 Å². The van der Waals surface area contributed by atoms with Crippen molar-refractivity contribution in [1.29, 1.82) is 0 Å². The molecule has 1 aromatic heterocycles. The molecule has 3 rings (SSSR count). The molecule has 0 unspecified atom stereocenters. The maximum Gasteiger partial charge on any atom is 0.337 e. The number of methoxy groups -OCH3 is 1. The van der Waals surface area contributed by atoms with Gasteiger partial charge in [0.25, 0.3) is 0 Å². The van der Waals surface area contributed by atoms with Crippen LogP contribution in [0.25, 0.3) is 10.9 Å². The summed E-state index contributed by atoms with van der Waals surface area (Å²) in [6.07, 6.45) is 0.285. The molecular weight excluding hydrogens is 409 g/mol. The number of benzene rings is 2. The third kappa shape index (κ3) is 3.83. The highest BCUT2D eigenvalue weighted by Crippen LogP contribution is 2.35. The summed E-state index contributed by atoms with van der Waals surface area (Å²) in [7, 11) is -2.26. The van der Waals surface area contributed by atoms with Gasteiger partial charge in [-0.2, -0.15) is 0 Å². The number of sulfone groups is 1. The Bertz CT molecular complexity index is 1120. The van der Waals surface area contributed by atoms with Crippen LogP contribution in [0.2, 0.25) is 10.0 Å². The van der Waals surface area contributed by atoms with Crippen molar-refractivity contribution in [2.75, 3.05) is 12.9 Å². The second-order valence-electron chi connectivity index (χ2n) is 6.10. The van der Waals surface area contributed by atoms with Gasteiger partial charge < -0.3 is 9.72 Å². The Morgan fingerprint density at radius 3 is 2.41 bits per heavy atom. The van der Waals surface area contributed by atoms with Gasteiger partial charge in [-0.05, 0) is 55.3 Å². The Labute approximate surface area is 167 Å². The lowest BCUT2D eigenvalue weighted by Gasteiger charge is -2.07. The number of aromatic amines is 1. The normalized spacial score (nSPS) is 11.7. The highest BCUT2D eigenvalue weighted by atomic mass is 35.5. The highest BCUT2D eigenvalue weighted by molar-refractivity contribution is 7.91. The van der Waals surface area contributed by atoms with Crippen LogP contribution in [-0.4, -0.2) is 32.2 Å². The molecule has 0 fully saturated rings. The monoisotopic (exact) mass is 425 g/mol. The van der Waals surface area contributed by atoms with Gasteiger partial charge >= 0.3 is 5.97 Å². The first-order valence-electron chi connectivity index (χ1n) is 8.11. The third-order valence-corrected chi connectivity index (χ3v) is 6.96. The molecule has 0 radical (unpaired) electrons. The quantitative estimate of drug-likeness (QED) is 0.606. The number of nitrogens with one attached hydrogen (secondary N) is 1. The molecule has 0 saturated carbocycles. The number of halogens is 2. The first kappa shape index (κ1) is 19.7. The van der Waals surface area contributed by atoms with Crippen LogP contribution >= 0.6 is 23.2 Å². The number of H-pyrrole nitrogens is 1. The lowest BCUT2D eigenvalue weighted by molar-refractivity contribution is 0.0600. The van der Waals surface area contributed by atoms with Gasteiger partial charge in [0.15, 0.2) is 9.84 Å². The fourth-order valence-electron chi connectivity index (χ4n) is 3.00. The Hall–Kier alpha value is -2.02. The molecule has 0 atom stereocenters. The predicted molar refractivity (Wildman–Crippen MR) is 107 cm³/mol. The number of hydrogen-bond acceptors (Lipinski definition) is 4. The predicted octanol–water partition coefficient (Wildman–Crippen LogP) is 4.59. The topological polar surface area (TPSA) is 76.2 Å². The summed E-state index contributed by atoms with van der Waals surface area (Å²) >= 11 is 12.4. The fourth-order valence-corrected chi connectivity index (χ4v) is 4.69. The molecule has 0 aliphatic rings. The summed E-state index contributed by atoms with van der Waals surface area (Å²) in [4.78, 5) is 14.8. The zero-order valence-electron chi connectivity index (χ0n) is 14.7. The number of ether oxygens (including phenoxy) is 1. The smallest absolute Gasteiger partial charge is 0.337 e. The second kappa shape index (κ2) is 7.54. The lowest BCUT2D eigenvalue weighted by atomic mass is 10.1. The average Bonchev–Trinajstić information content (AvgIpc) is 2.98. The van der Waals surface area contributed by atoms with E-state index in [1.165, 1.54) is 31.4 Å². The number of aromatic nitrogens is 1. The molecular formula is C19H17Cl2NO4S. The van der Waals surface area contributed by atoms with Crippen molar-refractivity contribution in [3.63, 3.8) is 0 Å². The van der Waals surface area contributed by atoms with E-state index in [9.17, 15) is 13.2 Å². The van der Waals surface area contributed by atoms with E-state index in [0.717, 1.165) is 22.2 Å². The van der Waals surface area contributed by atoms with Crippen LogP contribution in [0.4, 0.5) is 0 Å². The van der Waals surface area contributed by atoms with Gasteiger partial charge in [-0.25, -0.2) is 13.2 Å². The molecule has 0 saturated heterocycles. The number of hydrogen-bond donors (Lipinski definition) is 1. The van der Waals surface area contributed by atoms with Crippen molar-refractivity contribution in [3.05, 3.63) is 63.3 Å². The maximum absolute atomic E-state index is 12.7. The Morgan fingerprint density at radius 1 is 1.11 bits per heavy atom. The minimum atomic E-state index is -3.54. The molecule has 142 valence electrons. The molecule has 0 amide bonds. The first-order chi connectivity index (χ1) is 12.7. The molecule has 27 heavy (non-hydrogen) atoms. The van der Waals surface area contributed by atoms with Crippen molar-refractivity contribution in [2.24, 2.45) is 0 Å². The van der Waals surface area contributed by atoms with Gasteiger partial charge in [-0.15, -0.1) is 0 Å². The van der Waals surface area contributed by atoms with Crippen LogP contribution < -0.4 is 0 Å². The summed E-state index contributed by atoms with van der Waals surface area (Å²) < 4.78 is 30.0. The van der Waals surface area contributed by atoms with E-state index < -0.39 is 15.8 Å². The first-order valence-corrected chi connectivity index (χ1v) is 10.5. The summed E-state index contributed by atoms with van der Waals surface area (Å²) in [6.45, 7) is 1.87. The number of esters is 1. The molecule has 5 nitrogen and oxygen atoms in total. The molecule has 3 aromatic rings. The Morgan fingerprint density at radius 2 is 1.78 bits per heavy atom. The van der Waals surface area contributed by atoms with Crippen LogP contribution in [0.1, 0.15) is 21.6 Å². The van der Waals surface area contributed by atoms with E-state index in [1.54, 1.807) is 6.07 Å². The number of rotatable bonds is 5. The molecule has 8 heteroatoms. The van der Waals surface area contributed by atoms with Crippen molar-refractivity contribution in [3.8, 4) is 0 Å². The van der Waals surface area contributed by atoms with Crippen LogP contribution in [0.5, 0.6) is 0 Å². The SMILES string of the molecule is COC(=O)c1ccc(S(=O)(=O)CCc2c(C)[nH]c3ccc(Cl)c(Cl)c23)cc1. The summed E-state index contributed by atoms with van der Waals surface area (Å²) in [5.41, 5.74) is 2.79. The maximum atomic E-state index is 12.7. The zero-order chi connectivity index (χ0) is 19.8. The minimum absolute atomic E-state index is 0.0960. The molecule has 1 N–H and O–H groups in total. The van der Waals surface area contributed by atoms with E-state index in [2.05, 4.69) is 9.72 Å². The summed E-state index contributed by atoms with van der Waals surface area (Å²) in [5.74, 6) is -0.610. The van der Waals surface area contributed by atoms with Crippen molar-refractivity contribution in [1.82, 2.24) is 4.98 Å². The lowest BCUT2D eigenvalue weighted by Crippen LogP contribution is -2.10. The molecule has 0 spiro atoms. The average molecular weight is 426 g/mol. The van der Waals surface area contributed by atoms with E-state index >= 15 is 0 Å². The van der Waals surface area contributed by atoms with Crippen LogP contribution in [0.15, 0.2) is 41.3 Å². The largest absolute Gasteiger partial charge is 0.465 e. The van der Waals surface area contributed by atoms with Crippen LogP contribution in [0.3, 0.4) is 0 Å². The Kier molecular flexibility index (Phi) is 5.51. The van der Waals surface area contributed by atoms with Gasteiger partial charge in [-0.3, -0.25) is 0 Å². The van der Waals surface area contributed by atoms with Crippen LogP contribution in [0, 0.1) is 6.92 Å². The van der Waals surface area contributed by atoms with Gasteiger partial charge in [0.05, 0.1) is 33.4 Å². The standard InChI is InChI=1S/C19H17Cl2NO4S/c1-11-14(17-16(22-11)8-7-15(20)18(17)21)9-10-27(24,25)13-5-3-12(4-6-13)19(23)26-2/h3-8,22H,9-10H2,1-2H3. The van der Waals surface area contributed by atoms with E-state index in [4.69, 9.17) is 23.2 Å². The number of carbonyl (C=O) groups is 1. The molecule has 0 bridgehead atoms. The van der Waals surface area contributed by atoms with Crippen molar-refractivity contribution in [2.45, 2.75) is 18.2 Å². The van der Waals surface area contributed by atoms with E-state index in [0.29, 0.717) is 15.6 Å². The molecule has 1 heterocycles. The number of carbonyl (C=O) groups excluding carboxylic acids is 1. The van der Waals surface area contributed by atoms with Gasteiger partial charge in [0.1, 0.15) is 0 Å². The summed E-state index contributed by atoms with van der Waals surface area (Å²) in [6, 6.07) is 9.21. The minimum Gasteiger partial charge on any atom is -0.465 e. The number of aryl methyl sites for hydroxylation is 2. The zero-order valence-corrected chi connectivity index (χ0v) is 17.0. The van der Waals surface area contributed by atoms with Crippen molar-refractivity contribution >= 4 is 49.9 Å². The summed E-state index contributed by atoms with van der Waals surface area (Å²) in [5, 5.41) is 1.58. The van der Waals surface area contributed by atoms with E-state index in [1.807, 2.05) is 13.0 Å².